The van der Waals surface area contributed by atoms with E-state index in [1.165, 1.54) is 6.08 Å². The molecule has 1 rings (SSSR count). The van der Waals surface area contributed by atoms with Crippen LogP contribution in [0.25, 0.3) is 0 Å². The molecule has 1 unspecified atom stereocenters. The zero-order valence-electron chi connectivity index (χ0n) is 10.2. The van der Waals surface area contributed by atoms with Crippen LogP contribution in [0.1, 0.15) is 26.2 Å². The second-order valence-electron chi connectivity index (χ2n) is 4.02. The van der Waals surface area contributed by atoms with Crippen LogP contribution in [0.3, 0.4) is 0 Å². The van der Waals surface area contributed by atoms with Gasteiger partial charge >= 0.3 is 5.97 Å². The van der Waals surface area contributed by atoms with Crippen molar-refractivity contribution in [3.8, 4) is 11.8 Å². The first kappa shape index (κ1) is 14.5. The molecular formula is C13H16O4S. The summed E-state index contributed by atoms with van der Waals surface area (Å²) in [6, 6.07) is 0. The molecular weight excluding hydrogens is 252 g/mol. The highest BCUT2D eigenvalue weighted by molar-refractivity contribution is 7.92. The molecule has 0 saturated carbocycles. The Kier molecular flexibility index (Phi) is 5.17. The second kappa shape index (κ2) is 6.41. The molecule has 0 radical (unpaired) electrons. The summed E-state index contributed by atoms with van der Waals surface area (Å²) in [4.78, 5) is 10.6. The van der Waals surface area contributed by atoms with Gasteiger partial charge in [0.2, 0.25) is 0 Å². The lowest BCUT2D eigenvalue weighted by Crippen LogP contribution is -2.20. The van der Waals surface area contributed by atoms with Crippen LogP contribution in [0.5, 0.6) is 0 Å². The van der Waals surface area contributed by atoms with E-state index in [1.807, 2.05) is 0 Å². The number of carboxylic acids is 1. The third-order valence-electron chi connectivity index (χ3n) is 2.43. The van der Waals surface area contributed by atoms with Crippen LogP contribution in [0, 0.1) is 11.8 Å². The largest absolute Gasteiger partial charge is 0.481 e. The smallest absolute Gasteiger partial charge is 0.307 e. The number of sulfone groups is 1. The van der Waals surface area contributed by atoms with Gasteiger partial charge in [0.05, 0.1) is 12.2 Å². The van der Waals surface area contributed by atoms with Crippen molar-refractivity contribution in [2.45, 2.75) is 31.4 Å². The zero-order valence-corrected chi connectivity index (χ0v) is 11.0. The first-order valence-corrected chi connectivity index (χ1v) is 7.46. The van der Waals surface area contributed by atoms with E-state index in [9.17, 15) is 13.2 Å². The van der Waals surface area contributed by atoms with Crippen LogP contribution >= 0.6 is 0 Å². The minimum Gasteiger partial charge on any atom is -0.481 e. The number of carboxylic acid groups (broad SMARTS) is 1. The first-order chi connectivity index (χ1) is 8.45. The lowest BCUT2D eigenvalue weighted by atomic mass is 10.1. The molecule has 0 fully saturated rings. The Labute approximate surface area is 107 Å². The van der Waals surface area contributed by atoms with Crippen LogP contribution in [0.15, 0.2) is 23.8 Å². The summed E-state index contributed by atoms with van der Waals surface area (Å²) < 4.78 is 23.8. The SMILES string of the molecule is CCCS(=O)(=O)C1C#CC/C=C(CC(=O)O)\C=C/1. The molecule has 0 bridgehead atoms. The number of aliphatic carboxylic acids is 1. The van der Waals surface area contributed by atoms with Crippen LogP contribution < -0.4 is 0 Å². The minimum absolute atomic E-state index is 0.0919. The van der Waals surface area contributed by atoms with E-state index in [2.05, 4.69) is 11.8 Å². The van der Waals surface area contributed by atoms with E-state index in [0.717, 1.165) is 0 Å². The molecule has 18 heavy (non-hydrogen) atoms. The van der Waals surface area contributed by atoms with Gasteiger partial charge < -0.3 is 5.11 Å². The van der Waals surface area contributed by atoms with Crippen molar-refractivity contribution in [2.75, 3.05) is 5.75 Å². The van der Waals surface area contributed by atoms with Gasteiger partial charge in [-0.15, -0.1) is 0 Å². The molecule has 0 saturated heterocycles. The number of hydrogen-bond donors (Lipinski definition) is 1. The lowest BCUT2D eigenvalue weighted by molar-refractivity contribution is -0.136. The Hall–Kier alpha value is -1.54. The summed E-state index contributed by atoms with van der Waals surface area (Å²) >= 11 is 0. The van der Waals surface area contributed by atoms with Gasteiger partial charge in [0.25, 0.3) is 0 Å². The molecule has 0 aromatic rings. The summed E-state index contributed by atoms with van der Waals surface area (Å²) in [7, 11) is -3.26. The normalized spacial score (nSPS) is 23.8. The minimum atomic E-state index is -3.26. The molecule has 5 heteroatoms. The summed E-state index contributed by atoms with van der Waals surface area (Å²) in [6.07, 6.45) is 5.56. The Bertz CT molecular complexity index is 529. The number of rotatable bonds is 5. The molecule has 0 heterocycles. The van der Waals surface area contributed by atoms with Gasteiger partial charge in [-0.3, -0.25) is 4.79 Å². The molecule has 4 nitrogen and oxygen atoms in total. The average Bonchev–Trinajstić information content (AvgIpc) is 2.21. The van der Waals surface area contributed by atoms with Crippen molar-refractivity contribution in [3.63, 3.8) is 0 Å². The van der Waals surface area contributed by atoms with Crippen molar-refractivity contribution in [1.29, 1.82) is 0 Å². The fourth-order valence-electron chi connectivity index (χ4n) is 1.60. The quantitative estimate of drug-likeness (QED) is 0.768. The van der Waals surface area contributed by atoms with Crippen LogP contribution in [0.4, 0.5) is 0 Å². The molecule has 0 aromatic heterocycles. The van der Waals surface area contributed by atoms with E-state index in [0.29, 0.717) is 18.4 Å². The van der Waals surface area contributed by atoms with Gasteiger partial charge in [0, 0.05) is 6.42 Å². The number of allylic oxidation sites excluding steroid dienone is 2. The lowest BCUT2D eigenvalue weighted by Gasteiger charge is -2.08. The maximum atomic E-state index is 11.9. The maximum absolute atomic E-state index is 11.9. The van der Waals surface area contributed by atoms with Crippen LogP contribution in [-0.2, 0) is 14.6 Å². The van der Waals surface area contributed by atoms with E-state index in [-0.39, 0.29) is 12.2 Å². The Morgan fingerprint density at radius 1 is 1.56 bits per heavy atom. The van der Waals surface area contributed by atoms with Crippen molar-refractivity contribution in [3.05, 3.63) is 23.8 Å². The first-order valence-electron chi connectivity index (χ1n) is 5.74. The summed E-state index contributed by atoms with van der Waals surface area (Å²) in [5.74, 6) is 4.61. The van der Waals surface area contributed by atoms with Crippen molar-refractivity contribution >= 4 is 15.8 Å². The van der Waals surface area contributed by atoms with Crippen molar-refractivity contribution in [2.24, 2.45) is 0 Å². The maximum Gasteiger partial charge on any atom is 0.307 e. The Morgan fingerprint density at radius 3 is 2.89 bits per heavy atom. The average molecular weight is 268 g/mol. The summed E-state index contributed by atoms with van der Waals surface area (Å²) in [5, 5.41) is 7.88. The molecule has 1 atom stereocenters. The molecule has 0 aromatic carbocycles. The van der Waals surface area contributed by atoms with Crippen LogP contribution in [-0.4, -0.2) is 30.5 Å². The molecule has 0 spiro atoms. The molecule has 1 aliphatic rings. The monoisotopic (exact) mass is 268 g/mol. The molecule has 0 amide bonds. The topological polar surface area (TPSA) is 71.4 Å². The van der Waals surface area contributed by atoms with Crippen LogP contribution in [0.2, 0.25) is 0 Å². The fraction of sp³-hybridized carbons (Fsp3) is 0.462. The summed E-state index contributed by atoms with van der Waals surface area (Å²) in [5.41, 5.74) is 0.591. The highest BCUT2D eigenvalue weighted by Crippen LogP contribution is 2.12. The molecule has 98 valence electrons. The molecule has 0 aliphatic heterocycles. The molecule has 1 N–H and O–H groups in total. The summed E-state index contributed by atoms with van der Waals surface area (Å²) in [6.45, 7) is 1.80. The Balaban J connectivity index is 2.92. The van der Waals surface area contributed by atoms with E-state index < -0.39 is 21.1 Å². The van der Waals surface area contributed by atoms with Gasteiger partial charge in [-0.25, -0.2) is 8.42 Å². The second-order valence-corrected chi connectivity index (χ2v) is 6.26. The van der Waals surface area contributed by atoms with E-state index in [4.69, 9.17) is 5.11 Å². The highest BCUT2D eigenvalue weighted by atomic mass is 32.2. The van der Waals surface area contributed by atoms with Gasteiger partial charge in [-0.2, -0.15) is 0 Å². The van der Waals surface area contributed by atoms with E-state index >= 15 is 0 Å². The predicted molar refractivity (Wildman–Crippen MR) is 69.7 cm³/mol. The third kappa shape index (κ3) is 4.38. The van der Waals surface area contributed by atoms with E-state index in [1.54, 1.807) is 19.1 Å². The zero-order chi connectivity index (χ0) is 13.6. The predicted octanol–water partition coefficient (Wildman–Crippen LogP) is 1.54. The van der Waals surface area contributed by atoms with Gasteiger partial charge in [0.15, 0.2) is 9.84 Å². The third-order valence-corrected chi connectivity index (χ3v) is 4.45. The van der Waals surface area contributed by atoms with Crippen molar-refractivity contribution in [1.82, 2.24) is 0 Å². The van der Waals surface area contributed by atoms with Crippen molar-refractivity contribution < 1.29 is 18.3 Å². The molecule has 1 aliphatic carbocycles. The van der Waals surface area contributed by atoms with Gasteiger partial charge in [0.1, 0.15) is 5.25 Å². The Morgan fingerprint density at radius 2 is 2.28 bits per heavy atom. The number of hydrogen-bond acceptors (Lipinski definition) is 3. The number of carbonyl (C=O) groups is 1. The highest BCUT2D eigenvalue weighted by Gasteiger charge is 2.20. The fourth-order valence-corrected chi connectivity index (χ4v) is 3.00. The standard InChI is InChI=1S/C13H16O4S/c1-2-9-18(16,17)12-6-4-3-5-11(7-8-12)10-13(14)15/h5,7-8,12H,2-3,9-10H2,1H3,(H,14,15)/b8-7-,11-5+. The van der Waals surface area contributed by atoms with Gasteiger partial charge in [-0.05, 0) is 12.0 Å². The van der Waals surface area contributed by atoms with Gasteiger partial charge in [-0.1, -0.05) is 37.0 Å².